The molecule has 3 nitrogen and oxygen atoms in total. The molecule has 1 aromatic rings. The van der Waals surface area contributed by atoms with Crippen molar-refractivity contribution in [3.63, 3.8) is 0 Å². The highest BCUT2D eigenvalue weighted by atomic mass is 19.4. The minimum atomic E-state index is -4.99. The predicted molar refractivity (Wildman–Crippen MR) is 73.3 cm³/mol. The Hall–Kier alpha value is -2.12. The van der Waals surface area contributed by atoms with Crippen LogP contribution in [0.25, 0.3) is 6.08 Å². The van der Waals surface area contributed by atoms with Gasteiger partial charge in [0.15, 0.2) is 0 Å². The van der Waals surface area contributed by atoms with Crippen LogP contribution in [0.2, 0.25) is 0 Å². The second-order valence-electron chi connectivity index (χ2n) is 5.19. The summed E-state index contributed by atoms with van der Waals surface area (Å²) in [5.41, 5.74) is -0.0379. The molecule has 1 aliphatic rings. The van der Waals surface area contributed by atoms with E-state index in [9.17, 15) is 26.7 Å². The Morgan fingerprint density at radius 3 is 2.61 bits per heavy atom. The van der Waals surface area contributed by atoms with E-state index in [1.807, 2.05) is 0 Å². The number of piperidine rings is 1. The van der Waals surface area contributed by atoms with E-state index in [4.69, 9.17) is 0 Å². The number of benzene rings is 1. The number of ether oxygens (including phenoxy) is 1. The van der Waals surface area contributed by atoms with Crippen molar-refractivity contribution in [1.82, 2.24) is 4.90 Å². The van der Waals surface area contributed by atoms with Gasteiger partial charge >= 0.3 is 6.36 Å². The molecule has 1 fully saturated rings. The summed E-state index contributed by atoms with van der Waals surface area (Å²) < 4.78 is 68.0. The van der Waals surface area contributed by atoms with Gasteiger partial charge in [-0.15, -0.1) is 13.2 Å². The van der Waals surface area contributed by atoms with Crippen LogP contribution in [0.4, 0.5) is 22.0 Å². The van der Waals surface area contributed by atoms with Gasteiger partial charge in [0.1, 0.15) is 5.75 Å². The van der Waals surface area contributed by atoms with Gasteiger partial charge in [0, 0.05) is 13.0 Å². The monoisotopic (exact) mass is 335 g/mol. The fourth-order valence-electron chi connectivity index (χ4n) is 2.36. The average Bonchev–Trinajstić information content (AvgIpc) is 2.44. The van der Waals surface area contributed by atoms with Crippen molar-refractivity contribution in [1.29, 1.82) is 0 Å². The Balaban J connectivity index is 2.35. The van der Waals surface area contributed by atoms with Crippen LogP contribution >= 0.6 is 0 Å². The summed E-state index contributed by atoms with van der Waals surface area (Å²) in [5, 5.41) is 0. The normalized spacial score (nSPS) is 17.7. The lowest BCUT2D eigenvalue weighted by Gasteiger charge is -2.32. The summed E-state index contributed by atoms with van der Waals surface area (Å²) in [6, 6.07) is 3.40. The number of rotatable bonds is 3. The third-order valence-electron chi connectivity index (χ3n) is 3.38. The zero-order chi connectivity index (χ0) is 17.3. The molecule has 0 aliphatic carbocycles. The first-order valence-electron chi connectivity index (χ1n) is 6.81. The number of carbonyl (C=O) groups excluding carboxylic acids is 1. The molecule has 126 valence electrons. The van der Waals surface area contributed by atoms with Gasteiger partial charge in [0.2, 0.25) is 0 Å². The van der Waals surface area contributed by atoms with Crippen LogP contribution in [0.1, 0.15) is 28.8 Å². The Labute approximate surface area is 129 Å². The van der Waals surface area contributed by atoms with E-state index in [2.05, 4.69) is 11.3 Å². The maximum Gasteiger partial charge on any atom is 0.573 e. The minimum Gasteiger partial charge on any atom is -0.405 e. The lowest BCUT2D eigenvalue weighted by atomic mass is 10.0. The Morgan fingerprint density at radius 2 is 2.04 bits per heavy atom. The molecule has 1 aromatic carbocycles. The van der Waals surface area contributed by atoms with Gasteiger partial charge in [-0.3, -0.25) is 4.79 Å². The minimum absolute atomic E-state index is 0.0538. The fraction of sp³-hybridized carbons (Fsp3) is 0.400. The van der Waals surface area contributed by atoms with E-state index in [1.165, 1.54) is 12.1 Å². The number of amides is 1. The first-order valence-corrected chi connectivity index (χ1v) is 6.81. The van der Waals surface area contributed by atoms with E-state index in [1.54, 1.807) is 0 Å². The molecule has 0 unspecified atom stereocenters. The fourth-order valence-corrected chi connectivity index (χ4v) is 2.36. The molecule has 0 aromatic heterocycles. The molecule has 1 aliphatic heterocycles. The van der Waals surface area contributed by atoms with Crippen molar-refractivity contribution in [2.75, 3.05) is 13.1 Å². The van der Waals surface area contributed by atoms with Crippen LogP contribution in [0, 0.1) is 0 Å². The highest BCUT2D eigenvalue weighted by molar-refractivity contribution is 5.97. The molecule has 0 radical (unpaired) electrons. The van der Waals surface area contributed by atoms with Crippen LogP contribution in [0.3, 0.4) is 0 Å². The van der Waals surface area contributed by atoms with E-state index in [0.717, 1.165) is 17.0 Å². The number of nitrogens with zero attached hydrogens (tertiary/aromatic N) is 1. The van der Waals surface area contributed by atoms with E-state index >= 15 is 0 Å². The SMILES string of the molecule is C=Cc1ccc(OC(F)(F)F)c(C(=O)N2CCCC(F)(F)C2)c1. The molecular weight excluding hydrogens is 321 g/mol. The van der Waals surface area contributed by atoms with Gasteiger partial charge in [0.25, 0.3) is 11.8 Å². The van der Waals surface area contributed by atoms with Gasteiger partial charge in [-0.1, -0.05) is 18.7 Å². The summed E-state index contributed by atoms with van der Waals surface area (Å²) in [6.45, 7) is 2.69. The molecule has 1 heterocycles. The van der Waals surface area contributed by atoms with Crippen LogP contribution in [0.15, 0.2) is 24.8 Å². The molecule has 1 amide bonds. The number of halogens is 5. The number of hydrogen-bond acceptors (Lipinski definition) is 2. The van der Waals surface area contributed by atoms with Crippen molar-refractivity contribution in [3.8, 4) is 5.75 Å². The topological polar surface area (TPSA) is 29.5 Å². The van der Waals surface area contributed by atoms with Gasteiger partial charge in [-0.2, -0.15) is 0 Å². The smallest absolute Gasteiger partial charge is 0.405 e. The second kappa shape index (κ2) is 6.17. The van der Waals surface area contributed by atoms with Crippen molar-refractivity contribution >= 4 is 12.0 Å². The third-order valence-corrected chi connectivity index (χ3v) is 3.38. The molecule has 8 heteroatoms. The molecule has 2 rings (SSSR count). The average molecular weight is 335 g/mol. The van der Waals surface area contributed by atoms with Crippen molar-refractivity contribution < 1.29 is 31.5 Å². The van der Waals surface area contributed by atoms with Gasteiger partial charge in [-0.25, -0.2) is 8.78 Å². The first-order chi connectivity index (χ1) is 10.6. The Bertz CT molecular complexity index is 612. The van der Waals surface area contributed by atoms with Gasteiger partial charge < -0.3 is 9.64 Å². The molecule has 0 bridgehead atoms. The lowest BCUT2D eigenvalue weighted by Crippen LogP contribution is -2.45. The maximum absolute atomic E-state index is 13.4. The lowest BCUT2D eigenvalue weighted by molar-refractivity contribution is -0.274. The van der Waals surface area contributed by atoms with Crippen LogP contribution in [0.5, 0.6) is 5.75 Å². The summed E-state index contributed by atoms with van der Waals surface area (Å²) in [4.78, 5) is 13.2. The van der Waals surface area contributed by atoms with Crippen molar-refractivity contribution in [2.45, 2.75) is 25.1 Å². The highest BCUT2D eigenvalue weighted by Gasteiger charge is 2.39. The zero-order valence-electron chi connectivity index (χ0n) is 12.0. The Morgan fingerprint density at radius 1 is 1.35 bits per heavy atom. The number of likely N-dealkylation sites (tertiary alicyclic amines) is 1. The van der Waals surface area contributed by atoms with Crippen molar-refractivity contribution in [2.24, 2.45) is 0 Å². The van der Waals surface area contributed by atoms with Gasteiger partial charge in [0.05, 0.1) is 12.1 Å². The summed E-state index contributed by atoms with van der Waals surface area (Å²) in [5.74, 6) is -4.69. The molecule has 23 heavy (non-hydrogen) atoms. The summed E-state index contributed by atoms with van der Waals surface area (Å²) in [7, 11) is 0. The van der Waals surface area contributed by atoms with Crippen LogP contribution in [-0.4, -0.2) is 36.2 Å². The Kier molecular flexibility index (Phi) is 4.63. The first kappa shape index (κ1) is 17.2. The van der Waals surface area contributed by atoms with Crippen LogP contribution < -0.4 is 4.74 Å². The van der Waals surface area contributed by atoms with Gasteiger partial charge in [-0.05, 0) is 24.1 Å². The number of carbonyl (C=O) groups is 1. The number of alkyl halides is 5. The van der Waals surface area contributed by atoms with E-state index < -0.39 is 36.0 Å². The highest BCUT2D eigenvalue weighted by Crippen LogP contribution is 2.32. The molecule has 0 spiro atoms. The quantitative estimate of drug-likeness (QED) is 0.779. The third kappa shape index (κ3) is 4.43. The molecule has 1 saturated heterocycles. The zero-order valence-corrected chi connectivity index (χ0v) is 12.0. The standard InChI is InChI=1S/C15H14F5NO2/c1-2-10-4-5-12(23-15(18,19)20)11(8-10)13(22)21-7-3-6-14(16,17)9-21/h2,4-5,8H,1,3,6-7,9H2. The molecule has 0 atom stereocenters. The van der Waals surface area contributed by atoms with Crippen LogP contribution in [-0.2, 0) is 0 Å². The largest absolute Gasteiger partial charge is 0.573 e. The van der Waals surface area contributed by atoms with E-state index in [-0.39, 0.29) is 19.4 Å². The molecular formula is C15H14F5NO2. The maximum atomic E-state index is 13.4. The second-order valence-corrected chi connectivity index (χ2v) is 5.19. The molecule has 0 N–H and O–H groups in total. The summed E-state index contributed by atoms with van der Waals surface area (Å²) in [6.07, 6.45) is -3.93. The summed E-state index contributed by atoms with van der Waals surface area (Å²) >= 11 is 0. The molecule has 0 saturated carbocycles. The van der Waals surface area contributed by atoms with Crippen molar-refractivity contribution in [3.05, 3.63) is 35.9 Å². The predicted octanol–water partition coefficient (Wildman–Crippen LogP) is 4.10. The number of hydrogen-bond donors (Lipinski definition) is 0. The van der Waals surface area contributed by atoms with E-state index in [0.29, 0.717) is 5.56 Å².